The van der Waals surface area contributed by atoms with Crippen LogP contribution in [0.3, 0.4) is 0 Å². The monoisotopic (exact) mass is 454 g/mol. The van der Waals surface area contributed by atoms with Gasteiger partial charge in [-0.2, -0.15) is 4.73 Å². The van der Waals surface area contributed by atoms with Gasteiger partial charge in [0.25, 0.3) is 5.92 Å². The van der Waals surface area contributed by atoms with Gasteiger partial charge in [-0.05, 0) is 36.8 Å². The maximum Gasteiger partial charge on any atom is 0.257 e. The van der Waals surface area contributed by atoms with Crippen LogP contribution in [0.1, 0.15) is 24.8 Å². The van der Waals surface area contributed by atoms with E-state index in [-0.39, 0.29) is 25.4 Å². The van der Waals surface area contributed by atoms with Crippen molar-refractivity contribution in [2.45, 2.75) is 31.2 Å². The first kappa shape index (κ1) is 22.6. The fourth-order valence-electron chi connectivity index (χ4n) is 3.82. The van der Waals surface area contributed by atoms with Crippen LogP contribution in [0.15, 0.2) is 73.2 Å². The van der Waals surface area contributed by atoms with Gasteiger partial charge in [-0.3, -0.25) is 9.69 Å². The van der Waals surface area contributed by atoms with Gasteiger partial charge in [-0.15, -0.1) is 0 Å². The van der Waals surface area contributed by atoms with Crippen molar-refractivity contribution in [3.8, 4) is 11.5 Å². The van der Waals surface area contributed by atoms with Crippen LogP contribution >= 0.6 is 0 Å². The van der Waals surface area contributed by atoms with Crippen molar-refractivity contribution in [2.75, 3.05) is 18.4 Å². The molecule has 2 aromatic heterocycles. The van der Waals surface area contributed by atoms with Gasteiger partial charge in [0.1, 0.15) is 17.3 Å². The molecule has 1 aliphatic heterocycles. The van der Waals surface area contributed by atoms with Gasteiger partial charge in [0.05, 0.1) is 18.2 Å². The Morgan fingerprint density at radius 3 is 2.58 bits per heavy atom. The molecule has 0 saturated carbocycles. The Kier molecular flexibility index (Phi) is 6.50. The number of alkyl halides is 2. The minimum atomic E-state index is -2.92. The van der Waals surface area contributed by atoms with Gasteiger partial charge in [-0.1, -0.05) is 18.2 Å². The van der Waals surface area contributed by atoms with Crippen molar-refractivity contribution in [2.24, 2.45) is 0 Å². The number of ether oxygens (including phenoxy) is 1. The number of nitrogens with one attached hydrogen (secondary N) is 1. The molecule has 2 atom stereocenters. The third kappa shape index (κ3) is 5.43. The first-order valence-corrected chi connectivity index (χ1v) is 10.6. The number of piperidine rings is 1. The van der Waals surface area contributed by atoms with Crippen molar-refractivity contribution in [1.82, 2.24) is 9.88 Å². The SMILES string of the molecule is CC(C(=O)Nc1ccc(Oc2ccccc2)cn1)N1CCC(F)(F)C(c2cc[n+]([O-])cc2)C1. The number of pyridine rings is 2. The highest BCUT2D eigenvalue weighted by Gasteiger charge is 2.46. The minimum absolute atomic E-state index is 0.00173. The fourth-order valence-corrected chi connectivity index (χ4v) is 3.82. The molecular formula is C24H24F2N4O3. The van der Waals surface area contributed by atoms with E-state index >= 15 is 0 Å². The molecule has 2 unspecified atom stereocenters. The average Bonchev–Trinajstić information content (AvgIpc) is 2.81. The van der Waals surface area contributed by atoms with Gasteiger partial charge in [0, 0.05) is 31.6 Å². The molecule has 0 spiro atoms. The number of hydrogen-bond acceptors (Lipinski definition) is 5. The van der Waals surface area contributed by atoms with E-state index in [9.17, 15) is 18.8 Å². The molecule has 1 aliphatic rings. The molecule has 0 aliphatic carbocycles. The summed E-state index contributed by atoms with van der Waals surface area (Å²) in [5.74, 6) is -2.82. The van der Waals surface area contributed by atoms with Crippen LogP contribution in [-0.2, 0) is 4.79 Å². The molecule has 9 heteroatoms. The zero-order valence-corrected chi connectivity index (χ0v) is 18.0. The van der Waals surface area contributed by atoms with E-state index in [1.165, 1.54) is 30.7 Å². The Morgan fingerprint density at radius 2 is 1.91 bits per heavy atom. The average molecular weight is 454 g/mol. The third-order valence-corrected chi connectivity index (χ3v) is 5.78. The van der Waals surface area contributed by atoms with Gasteiger partial charge in [0.2, 0.25) is 5.91 Å². The molecule has 1 amide bonds. The number of amides is 1. The fraction of sp³-hybridized carbons (Fsp3) is 0.292. The molecule has 4 rings (SSSR count). The second kappa shape index (κ2) is 9.50. The molecule has 3 aromatic rings. The van der Waals surface area contributed by atoms with E-state index < -0.39 is 17.9 Å². The van der Waals surface area contributed by atoms with E-state index in [1.54, 1.807) is 24.0 Å². The number of halogens is 2. The van der Waals surface area contributed by atoms with E-state index in [0.717, 1.165) is 0 Å². The number of carbonyl (C=O) groups is 1. The number of para-hydroxylation sites is 1. The molecule has 0 radical (unpaired) electrons. The maximum atomic E-state index is 14.6. The van der Waals surface area contributed by atoms with Gasteiger partial charge in [0.15, 0.2) is 12.4 Å². The minimum Gasteiger partial charge on any atom is -0.619 e. The van der Waals surface area contributed by atoms with Crippen molar-refractivity contribution in [1.29, 1.82) is 0 Å². The van der Waals surface area contributed by atoms with Crippen molar-refractivity contribution < 1.29 is 23.0 Å². The van der Waals surface area contributed by atoms with Crippen LogP contribution in [0.4, 0.5) is 14.6 Å². The van der Waals surface area contributed by atoms with Crippen LogP contribution < -0.4 is 14.8 Å². The van der Waals surface area contributed by atoms with E-state index in [1.807, 2.05) is 30.3 Å². The molecule has 1 aromatic carbocycles. The molecule has 1 N–H and O–H groups in total. The highest BCUT2D eigenvalue weighted by Crippen LogP contribution is 2.40. The quantitative estimate of drug-likeness (QED) is 0.451. The molecule has 3 heterocycles. The molecule has 1 fully saturated rings. The number of aromatic nitrogens is 2. The molecule has 7 nitrogen and oxygen atoms in total. The number of hydrogen-bond donors (Lipinski definition) is 1. The predicted molar refractivity (Wildman–Crippen MR) is 118 cm³/mol. The van der Waals surface area contributed by atoms with Crippen LogP contribution in [0.2, 0.25) is 0 Å². The zero-order chi connectivity index (χ0) is 23.4. The number of benzene rings is 1. The number of rotatable bonds is 6. The molecule has 172 valence electrons. The first-order chi connectivity index (χ1) is 15.8. The largest absolute Gasteiger partial charge is 0.619 e. The Balaban J connectivity index is 1.38. The summed E-state index contributed by atoms with van der Waals surface area (Å²) in [6.45, 7) is 1.77. The summed E-state index contributed by atoms with van der Waals surface area (Å²) in [4.78, 5) is 18.7. The van der Waals surface area contributed by atoms with Gasteiger partial charge < -0.3 is 15.3 Å². The van der Waals surface area contributed by atoms with Crippen LogP contribution in [0.25, 0.3) is 0 Å². The summed E-state index contributed by atoms with van der Waals surface area (Å²) in [6, 6.07) is 14.7. The number of likely N-dealkylation sites (tertiary alicyclic amines) is 1. The summed E-state index contributed by atoms with van der Waals surface area (Å²) in [7, 11) is 0. The molecule has 1 saturated heterocycles. The lowest BCUT2D eigenvalue weighted by Crippen LogP contribution is -2.52. The van der Waals surface area contributed by atoms with Crippen molar-refractivity contribution in [3.05, 3.63) is 84.0 Å². The van der Waals surface area contributed by atoms with Crippen LogP contribution in [-0.4, -0.2) is 40.8 Å². The summed E-state index contributed by atoms with van der Waals surface area (Å²) in [5, 5.41) is 14.0. The predicted octanol–water partition coefficient (Wildman–Crippen LogP) is 3.96. The van der Waals surface area contributed by atoms with Gasteiger partial charge >= 0.3 is 0 Å². The van der Waals surface area contributed by atoms with E-state index in [4.69, 9.17) is 4.74 Å². The maximum absolute atomic E-state index is 14.6. The lowest BCUT2D eigenvalue weighted by atomic mass is 9.87. The smallest absolute Gasteiger partial charge is 0.257 e. The number of carbonyl (C=O) groups excluding carboxylic acids is 1. The normalized spacial score (nSPS) is 18.9. The Hall–Kier alpha value is -3.59. The summed E-state index contributed by atoms with van der Waals surface area (Å²) >= 11 is 0. The number of anilines is 1. The second-order valence-corrected chi connectivity index (χ2v) is 8.01. The summed E-state index contributed by atoms with van der Waals surface area (Å²) in [6.07, 6.45) is 3.54. The lowest BCUT2D eigenvalue weighted by molar-refractivity contribution is -0.605. The van der Waals surface area contributed by atoms with Gasteiger partial charge in [-0.25, -0.2) is 13.8 Å². The topological polar surface area (TPSA) is 81.4 Å². The highest BCUT2D eigenvalue weighted by atomic mass is 19.3. The molecule has 33 heavy (non-hydrogen) atoms. The van der Waals surface area contributed by atoms with Crippen molar-refractivity contribution >= 4 is 11.7 Å². The van der Waals surface area contributed by atoms with Crippen molar-refractivity contribution in [3.63, 3.8) is 0 Å². The Labute approximate surface area is 190 Å². The summed E-state index contributed by atoms with van der Waals surface area (Å²) in [5.41, 5.74) is 0.375. The lowest BCUT2D eigenvalue weighted by Gasteiger charge is -2.40. The summed E-state index contributed by atoms with van der Waals surface area (Å²) < 4.78 is 35.4. The highest BCUT2D eigenvalue weighted by molar-refractivity contribution is 5.93. The Morgan fingerprint density at radius 1 is 1.18 bits per heavy atom. The van der Waals surface area contributed by atoms with E-state index in [2.05, 4.69) is 10.3 Å². The molecule has 0 bridgehead atoms. The van der Waals surface area contributed by atoms with E-state index in [0.29, 0.717) is 27.6 Å². The van der Waals surface area contributed by atoms with Crippen LogP contribution in [0, 0.1) is 5.21 Å². The van der Waals surface area contributed by atoms with Crippen LogP contribution in [0.5, 0.6) is 11.5 Å². The number of nitrogens with zero attached hydrogens (tertiary/aromatic N) is 3. The Bertz CT molecular complexity index is 1080. The second-order valence-electron chi connectivity index (χ2n) is 8.01. The first-order valence-electron chi connectivity index (χ1n) is 10.6. The standard InChI is InChI=1S/C24H24F2N4O3/c1-17(29-14-11-24(25,26)21(16-29)18-9-12-30(32)13-10-18)23(31)28-22-8-7-20(15-27-22)33-19-5-3-2-4-6-19/h2-10,12-13,15,17,21H,11,14,16H2,1H3,(H,27,28,31). The zero-order valence-electron chi connectivity index (χ0n) is 18.0. The molecular weight excluding hydrogens is 430 g/mol. The third-order valence-electron chi connectivity index (χ3n) is 5.78.